The van der Waals surface area contributed by atoms with Gasteiger partial charge in [-0.05, 0) is 43.3 Å². The van der Waals surface area contributed by atoms with Crippen molar-refractivity contribution in [1.82, 2.24) is 5.43 Å². The lowest BCUT2D eigenvalue weighted by Gasteiger charge is -2.11. The molecular formula is C18H16Cl2N2O5. The van der Waals surface area contributed by atoms with E-state index in [0.29, 0.717) is 22.0 Å². The maximum Gasteiger partial charge on any atom is 0.341 e. The Bertz CT molecular complexity index is 899. The van der Waals surface area contributed by atoms with Crippen LogP contribution in [0.3, 0.4) is 0 Å². The molecule has 0 aromatic heterocycles. The number of hydrazone groups is 1. The Morgan fingerprint density at radius 3 is 2.56 bits per heavy atom. The molecule has 0 fully saturated rings. The Hall–Kier alpha value is -2.77. The molecule has 142 valence electrons. The molecule has 2 N–H and O–H groups in total. The first-order chi connectivity index (χ1) is 12.8. The summed E-state index contributed by atoms with van der Waals surface area (Å²) in [5.74, 6) is -0.977. The van der Waals surface area contributed by atoms with Crippen molar-refractivity contribution < 1.29 is 24.2 Å². The molecule has 27 heavy (non-hydrogen) atoms. The van der Waals surface area contributed by atoms with Crippen LogP contribution in [0.15, 0.2) is 41.5 Å². The number of amides is 1. The SMILES string of the molecule is COc1cc(/C(C)=N\NC(=O)c2cc(Cl)ccc2Cl)ccc1OCC(=O)O. The molecule has 0 spiro atoms. The monoisotopic (exact) mass is 410 g/mol. The molecule has 9 heteroatoms. The maximum atomic E-state index is 12.2. The quantitative estimate of drug-likeness (QED) is 0.536. The first-order valence-electron chi connectivity index (χ1n) is 7.64. The largest absolute Gasteiger partial charge is 0.493 e. The summed E-state index contributed by atoms with van der Waals surface area (Å²) in [6.07, 6.45) is 0. The van der Waals surface area contributed by atoms with Crippen LogP contribution in [0, 0.1) is 0 Å². The van der Waals surface area contributed by atoms with Gasteiger partial charge in [0.25, 0.3) is 5.91 Å². The summed E-state index contributed by atoms with van der Waals surface area (Å²) in [4.78, 5) is 22.8. The van der Waals surface area contributed by atoms with Gasteiger partial charge in [-0.25, -0.2) is 10.2 Å². The Labute approximate surface area is 165 Å². The lowest BCUT2D eigenvalue weighted by atomic mass is 10.1. The number of methoxy groups -OCH3 is 1. The number of ether oxygens (including phenoxy) is 2. The number of nitrogens with zero attached hydrogens (tertiary/aromatic N) is 1. The highest BCUT2D eigenvalue weighted by atomic mass is 35.5. The Morgan fingerprint density at radius 1 is 1.15 bits per heavy atom. The molecule has 0 saturated heterocycles. The first kappa shape index (κ1) is 20.5. The number of hydrogen-bond donors (Lipinski definition) is 2. The molecule has 2 aromatic carbocycles. The van der Waals surface area contributed by atoms with Crippen LogP contribution in [0.4, 0.5) is 0 Å². The fraction of sp³-hybridized carbons (Fsp3) is 0.167. The lowest BCUT2D eigenvalue weighted by molar-refractivity contribution is -0.139. The molecule has 0 aliphatic carbocycles. The van der Waals surface area contributed by atoms with E-state index in [1.54, 1.807) is 31.2 Å². The van der Waals surface area contributed by atoms with Gasteiger partial charge in [-0.2, -0.15) is 5.10 Å². The second-order valence-corrected chi connectivity index (χ2v) is 6.15. The molecular weight excluding hydrogens is 395 g/mol. The first-order valence-corrected chi connectivity index (χ1v) is 8.40. The highest BCUT2D eigenvalue weighted by Crippen LogP contribution is 2.28. The molecule has 0 unspecified atom stereocenters. The predicted molar refractivity (Wildman–Crippen MR) is 102 cm³/mol. The molecule has 0 atom stereocenters. The second kappa shape index (κ2) is 9.25. The molecule has 2 rings (SSSR count). The summed E-state index contributed by atoms with van der Waals surface area (Å²) in [5.41, 5.74) is 3.75. The minimum atomic E-state index is -1.10. The molecule has 1 amide bonds. The fourth-order valence-corrected chi connectivity index (χ4v) is 2.46. The highest BCUT2D eigenvalue weighted by molar-refractivity contribution is 6.35. The number of nitrogens with one attached hydrogen (secondary N) is 1. The average molecular weight is 411 g/mol. The van der Waals surface area contributed by atoms with Crippen molar-refractivity contribution in [2.45, 2.75) is 6.92 Å². The highest BCUT2D eigenvalue weighted by Gasteiger charge is 2.12. The number of hydrogen-bond acceptors (Lipinski definition) is 5. The van der Waals surface area contributed by atoms with E-state index in [2.05, 4.69) is 10.5 Å². The fourth-order valence-electron chi connectivity index (χ4n) is 2.08. The van der Waals surface area contributed by atoms with E-state index in [4.69, 9.17) is 37.8 Å². The number of aliphatic carboxylic acids is 1. The summed E-state index contributed by atoms with van der Waals surface area (Å²) >= 11 is 11.9. The van der Waals surface area contributed by atoms with Crippen molar-refractivity contribution in [3.63, 3.8) is 0 Å². The van der Waals surface area contributed by atoms with Gasteiger partial charge in [-0.15, -0.1) is 0 Å². The molecule has 0 heterocycles. The number of carbonyl (C=O) groups excluding carboxylic acids is 1. The molecule has 0 aliphatic heterocycles. The standard InChI is InChI=1S/C18H16Cl2N2O5/c1-10(21-22-18(25)13-8-12(19)4-5-14(13)20)11-3-6-15(16(7-11)26-2)27-9-17(23)24/h3-8H,9H2,1-2H3,(H,22,25)(H,23,24)/b21-10-. The molecule has 0 radical (unpaired) electrons. The van der Waals surface area contributed by atoms with Crippen molar-refractivity contribution in [3.05, 3.63) is 57.6 Å². The van der Waals surface area contributed by atoms with E-state index < -0.39 is 18.5 Å². The van der Waals surface area contributed by atoms with E-state index in [9.17, 15) is 9.59 Å². The second-order valence-electron chi connectivity index (χ2n) is 5.31. The van der Waals surface area contributed by atoms with E-state index >= 15 is 0 Å². The van der Waals surface area contributed by atoms with Crippen molar-refractivity contribution in [2.75, 3.05) is 13.7 Å². The Kier molecular flexibility index (Phi) is 7.04. The van der Waals surface area contributed by atoms with Crippen LogP contribution < -0.4 is 14.9 Å². The number of carbonyl (C=O) groups is 2. The third kappa shape index (κ3) is 5.60. The van der Waals surface area contributed by atoms with Crippen LogP contribution in [0.25, 0.3) is 0 Å². The summed E-state index contributed by atoms with van der Waals surface area (Å²) < 4.78 is 10.3. The van der Waals surface area contributed by atoms with Crippen molar-refractivity contribution >= 4 is 40.8 Å². The summed E-state index contributed by atoms with van der Waals surface area (Å²) in [5, 5.41) is 13.4. The maximum absolute atomic E-state index is 12.2. The van der Waals surface area contributed by atoms with Gasteiger partial charge in [0.05, 0.1) is 23.4 Å². The predicted octanol–water partition coefficient (Wildman–Crippen LogP) is 3.62. The van der Waals surface area contributed by atoms with Crippen molar-refractivity contribution in [2.24, 2.45) is 5.10 Å². The molecule has 7 nitrogen and oxygen atoms in total. The minimum Gasteiger partial charge on any atom is -0.493 e. The number of carboxylic acids is 1. The van der Waals surface area contributed by atoms with Crippen LogP contribution in [0.5, 0.6) is 11.5 Å². The van der Waals surface area contributed by atoms with Gasteiger partial charge in [-0.1, -0.05) is 23.2 Å². The van der Waals surface area contributed by atoms with Gasteiger partial charge < -0.3 is 14.6 Å². The number of carboxylic acid groups (broad SMARTS) is 1. The zero-order valence-electron chi connectivity index (χ0n) is 14.5. The third-order valence-electron chi connectivity index (χ3n) is 3.43. The number of halogens is 2. The van der Waals surface area contributed by atoms with Crippen molar-refractivity contribution in [1.29, 1.82) is 0 Å². The topological polar surface area (TPSA) is 97.2 Å². The van der Waals surface area contributed by atoms with Crippen LogP contribution in [-0.4, -0.2) is 36.4 Å². The molecule has 2 aromatic rings. The lowest BCUT2D eigenvalue weighted by Crippen LogP contribution is -2.19. The van der Waals surface area contributed by atoms with E-state index in [-0.39, 0.29) is 16.3 Å². The van der Waals surface area contributed by atoms with Crippen LogP contribution in [-0.2, 0) is 4.79 Å². The Morgan fingerprint density at radius 2 is 1.89 bits per heavy atom. The van der Waals surface area contributed by atoms with Crippen LogP contribution in [0.2, 0.25) is 10.0 Å². The van der Waals surface area contributed by atoms with Gasteiger partial charge in [0.15, 0.2) is 18.1 Å². The smallest absolute Gasteiger partial charge is 0.341 e. The van der Waals surface area contributed by atoms with Crippen LogP contribution >= 0.6 is 23.2 Å². The molecule has 0 saturated carbocycles. The number of benzene rings is 2. The van der Waals surface area contributed by atoms with Crippen molar-refractivity contribution in [3.8, 4) is 11.5 Å². The van der Waals surface area contributed by atoms with E-state index in [1.807, 2.05) is 0 Å². The van der Waals surface area contributed by atoms with Gasteiger partial charge in [0.1, 0.15) is 0 Å². The average Bonchev–Trinajstić information content (AvgIpc) is 2.65. The third-order valence-corrected chi connectivity index (χ3v) is 4.00. The van der Waals surface area contributed by atoms with E-state index in [1.165, 1.54) is 19.2 Å². The zero-order valence-corrected chi connectivity index (χ0v) is 16.0. The zero-order chi connectivity index (χ0) is 20.0. The minimum absolute atomic E-state index is 0.204. The van der Waals surface area contributed by atoms with Gasteiger partial charge in [0.2, 0.25) is 0 Å². The Balaban J connectivity index is 2.16. The van der Waals surface area contributed by atoms with Gasteiger partial charge in [-0.3, -0.25) is 4.79 Å². The number of rotatable bonds is 7. The molecule has 0 aliphatic rings. The van der Waals surface area contributed by atoms with Gasteiger partial charge in [0, 0.05) is 10.6 Å². The van der Waals surface area contributed by atoms with E-state index in [0.717, 1.165) is 0 Å². The summed E-state index contributed by atoms with van der Waals surface area (Å²) in [7, 11) is 1.43. The van der Waals surface area contributed by atoms with Gasteiger partial charge >= 0.3 is 5.97 Å². The summed E-state index contributed by atoms with van der Waals surface area (Å²) in [6, 6.07) is 9.39. The van der Waals surface area contributed by atoms with Crippen LogP contribution in [0.1, 0.15) is 22.8 Å². The normalized spacial score (nSPS) is 11.0. The molecule has 0 bridgehead atoms. The summed E-state index contributed by atoms with van der Waals surface area (Å²) in [6.45, 7) is 1.20.